The Morgan fingerprint density at radius 2 is 1.95 bits per heavy atom. The number of amides is 1. The minimum Gasteiger partial charge on any atom is -0.465 e. The second kappa shape index (κ2) is 10.8. The monoisotopic (exact) mass is 553 g/mol. The van der Waals surface area contributed by atoms with Crippen LogP contribution in [0.2, 0.25) is 0 Å². The number of rotatable bonds is 6. The largest absolute Gasteiger partial charge is 0.465 e. The van der Waals surface area contributed by atoms with Gasteiger partial charge in [-0.1, -0.05) is 18.2 Å². The van der Waals surface area contributed by atoms with Gasteiger partial charge in [0.15, 0.2) is 5.65 Å². The van der Waals surface area contributed by atoms with Gasteiger partial charge in [-0.25, -0.2) is 32.9 Å². The lowest BCUT2D eigenvalue weighted by atomic mass is 9.90. The summed E-state index contributed by atoms with van der Waals surface area (Å²) in [6.07, 6.45) is -0.227. The summed E-state index contributed by atoms with van der Waals surface area (Å²) in [4.78, 5) is 27.6. The number of piperazine rings is 1. The predicted molar refractivity (Wildman–Crippen MR) is 138 cm³/mol. The molecule has 40 heavy (non-hydrogen) atoms. The lowest BCUT2D eigenvalue weighted by Gasteiger charge is -2.48. The number of pyridine rings is 1. The summed E-state index contributed by atoms with van der Waals surface area (Å²) in [5.74, 6) is -1.83. The fraction of sp³-hybridized carbons (Fsp3) is 0.296. The van der Waals surface area contributed by atoms with Crippen molar-refractivity contribution in [3.63, 3.8) is 0 Å². The van der Waals surface area contributed by atoms with Crippen LogP contribution in [-0.4, -0.2) is 73.9 Å². The number of nitrogens with zero attached hydrogens (tertiary/aromatic N) is 7. The van der Waals surface area contributed by atoms with Gasteiger partial charge in [0.05, 0.1) is 35.7 Å². The topological polar surface area (TPSA) is 111 Å². The highest BCUT2D eigenvalue weighted by Gasteiger charge is 2.45. The van der Waals surface area contributed by atoms with Crippen LogP contribution in [0.1, 0.15) is 12.5 Å². The summed E-state index contributed by atoms with van der Waals surface area (Å²) in [5, 5.41) is 19.5. The first-order valence-corrected chi connectivity index (χ1v) is 12.3. The molecule has 0 aliphatic carbocycles. The number of hydrogen-bond acceptors (Lipinski definition) is 6. The Kier molecular flexibility index (Phi) is 7.25. The van der Waals surface area contributed by atoms with Gasteiger partial charge >= 0.3 is 6.09 Å². The number of carboxylic acid groups (broad SMARTS) is 1. The summed E-state index contributed by atoms with van der Waals surface area (Å²) in [6.45, 7) is 0.000641. The van der Waals surface area contributed by atoms with Crippen LogP contribution in [0.25, 0.3) is 28.0 Å². The third-order valence-corrected chi connectivity index (χ3v) is 7.23. The first-order valence-electron chi connectivity index (χ1n) is 12.3. The van der Waals surface area contributed by atoms with E-state index in [4.69, 9.17) is 0 Å². The molecular formula is C27H23F4N7O2. The van der Waals surface area contributed by atoms with E-state index in [0.29, 0.717) is 28.0 Å². The average molecular weight is 554 g/mol. The van der Waals surface area contributed by atoms with Gasteiger partial charge in [0.25, 0.3) is 0 Å². The quantitative estimate of drug-likeness (QED) is 0.338. The molecule has 1 aliphatic heterocycles. The van der Waals surface area contributed by atoms with Gasteiger partial charge in [0.2, 0.25) is 6.43 Å². The fourth-order valence-corrected chi connectivity index (χ4v) is 5.37. The molecule has 13 heteroatoms. The van der Waals surface area contributed by atoms with Crippen molar-refractivity contribution in [2.24, 2.45) is 5.92 Å². The molecule has 1 N–H and O–H groups in total. The number of alkyl halides is 3. The standard InChI is InChI=1S/C27H23F4N7O2/c1-15-23(18(11-28)24(30)31)37(27(39)40)9-8-36(15)25-22-19(17-4-2-3-5-20(17)29)13-38(26(22)35-14-34-25)21-10-16(12-32)6-7-33-21/h2-7,10,13-15,18,23-24H,8-9,11H2,1H3,(H,39,40)/t15-,18?,23?/m0/s1. The smallest absolute Gasteiger partial charge is 0.407 e. The maximum absolute atomic E-state index is 15.1. The zero-order valence-corrected chi connectivity index (χ0v) is 21.1. The van der Waals surface area contributed by atoms with Crippen molar-refractivity contribution in [1.82, 2.24) is 24.4 Å². The number of fused-ring (bicyclic) bond motifs is 1. The number of hydrogen-bond donors (Lipinski definition) is 1. The first-order chi connectivity index (χ1) is 19.3. The Hall–Kier alpha value is -4.73. The zero-order valence-electron chi connectivity index (χ0n) is 21.1. The van der Waals surface area contributed by atoms with Crippen LogP contribution in [0, 0.1) is 23.1 Å². The lowest BCUT2D eigenvalue weighted by molar-refractivity contribution is -0.00871. The first kappa shape index (κ1) is 26.9. The van der Waals surface area contributed by atoms with Crippen LogP contribution < -0.4 is 4.90 Å². The van der Waals surface area contributed by atoms with Gasteiger partial charge in [-0.2, -0.15) is 5.26 Å². The second-order valence-electron chi connectivity index (χ2n) is 9.36. The molecular weight excluding hydrogens is 530 g/mol. The molecule has 5 rings (SSSR count). The van der Waals surface area contributed by atoms with E-state index in [-0.39, 0.29) is 24.5 Å². The van der Waals surface area contributed by atoms with E-state index >= 15 is 4.39 Å². The van der Waals surface area contributed by atoms with Crippen molar-refractivity contribution in [1.29, 1.82) is 5.26 Å². The number of carbonyl (C=O) groups is 1. The van der Waals surface area contributed by atoms with Gasteiger partial charge in [0.1, 0.15) is 23.8 Å². The molecule has 9 nitrogen and oxygen atoms in total. The maximum atomic E-state index is 15.1. The Morgan fingerprint density at radius 1 is 1.18 bits per heavy atom. The van der Waals surface area contributed by atoms with Gasteiger partial charge in [-0.15, -0.1) is 0 Å². The Labute approximate surface area is 225 Å². The van der Waals surface area contributed by atoms with Crippen molar-refractivity contribution in [2.45, 2.75) is 25.4 Å². The molecule has 0 bridgehead atoms. The van der Waals surface area contributed by atoms with E-state index in [1.165, 1.54) is 43.7 Å². The van der Waals surface area contributed by atoms with Crippen LogP contribution in [-0.2, 0) is 0 Å². The lowest BCUT2D eigenvalue weighted by Crippen LogP contribution is -2.64. The van der Waals surface area contributed by atoms with Crippen LogP contribution in [0.3, 0.4) is 0 Å². The van der Waals surface area contributed by atoms with Crippen molar-refractivity contribution in [3.8, 4) is 23.0 Å². The summed E-state index contributed by atoms with van der Waals surface area (Å²) in [5.41, 5.74) is 1.21. The molecule has 4 aromatic rings. The number of halogens is 4. The number of nitriles is 1. The van der Waals surface area contributed by atoms with Crippen LogP contribution in [0.15, 0.2) is 55.1 Å². The fourth-order valence-electron chi connectivity index (χ4n) is 5.37. The highest BCUT2D eigenvalue weighted by molar-refractivity contribution is 6.02. The number of aromatic nitrogens is 4. The van der Waals surface area contributed by atoms with Crippen LogP contribution in [0.5, 0.6) is 0 Å². The molecule has 1 aromatic carbocycles. The molecule has 3 atom stereocenters. The molecule has 1 saturated heterocycles. The average Bonchev–Trinajstić information content (AvgIpc) is 3.34. The van der Waals surface area contributed by atoms with Gasteiger partial charge in [0, 0.05) is 42.7 Å². The Balaban J connectivity index is 1.74. The summed E-state index contributed by atoms with van der Waals surface area (Å²) in [7, 11) is 0. The molecule has 2 unspecified atom stereocenters. The maximum Gasteiger partial charge on any atom is 0.407 e. The van der Waals surface area contributed by atoms with E-state index in [1.54, 1.807) is 27.8 Å². The molecule has 1 fully saturated rings. The molecule has 206 valence electrons. The van der Waals surface area contributed by atoms with Crippen LogP contribution >= 0.6 is 0 Å². The summed E-state index contributed by atoms with van der Waals surface area (Å²) < 4.78 is 58.3. The number of anilines is 1. The molecule has 1 aliphatic rings. The van der Waals surface area contributed by atoms with Crippen molar-refractivity contribution in [3.05, 3.63) is 66.5 Å². The Morgan fingerprint density at radius 3 is 2.62 bits per heavy atom. The highest BCUT2D eigenvalue weighted by atomic mass is 19.3. The molecule has 3 aromatic heterocycles. The highest BCUT2D eigenvalue weighted by Crippen LogP contribution is 2.40. The van der Waals surface area contributed by atoms with E-state index in [0.717, 1.165) is 4.90 Å². The van der Waals surface area contributed by atoms with E-state index in [9.17, 15) is 28.3 Å². The zero-order chi connectivity index (χ0) is 28.6. The Bertz CT molecular complexity index is 1610. The minimum absolute atomic E-state index is 0.0579. The third kappa shape index (κ3) is 4.55. The summed E-state index contributed by atoms with van der Waals surface area (Å²) in [6, 6.07) is 8.84. The molecule has 0 saturated carbocycles. The predicted octanol–water partition coefficient (Wildman–Crippen LogP) is 4.90. The molecule has 4 heterocycles. The van der Waals surface area contributed by atoms with Crippen molar-refractivity contribution in [2.75, 3.05) is 24.7 Å². The van der Waals surface area contributed by atoms with E-state index < -0.39 is 43.0 Å². The van der Waals surface area contributed by atoms with Gasteiger partial charge in [-0.3, -0.25) is 8.96 Å². The summed E-state index contributed by atoms with van der Waals surface area (Å²) >= 11 is 0. The number of benzene rings is 1. The van der Waals surface area contributed by atoms with Gasteiger partial charge < -0.3 is 14.9 Å². The van der Waals surface area contributed by atoms with Gasteiger partial charge in [-0.05, 0) is 25.1 Å². The molecule has 0 spiro atoms. The van der Waals surface area contributed by atoms with E-state index in [2.05, 4.69) is 15.0 Å². The SMILES string of the molecule is C[C@H]1C(C(CF)C(F)F)N(C(=O)O)CCN1c1ncnc2c1c(-c1ccccc1F)cn2-c1cc(C#N)ccn1. The molecule has 0 radical (unpaired) electrons. The van der Waals surface area contributed by atoms with Crippen LogP contribution in [0.4, 0.5) is 28.2 Å². The van der Waals surface area contributed by atoms with Crippen molar-refractivity contribution < 1.29 is 27.5 Å². The van der Waals surface area contributed by atoms with Crippen molar-refractivity contribution >= 4 is 22.9 Å². The molecule has 1 amide bonds. The second-order valence-corrected chi connectivity index (χ2v) is 9.36. The normalized spacial score (nSPS) is 18.2. The third-order valence-electron chi connectivity index (χ3n) is 7.23. The van der Waals surface area contributed by atoms with E-state index in [1.807, 2.05) is 6.07 Å². The minimum atomic E-state index is -3.10.